The van der Waals surface area contributed by atoms with Crippen molar-refractivity contribution in [2.24, 2.45) is 11.8 Å². The minimum Gasteiger partial charge on any atom is -0.337 e. The fourth-order valence-electron chi connectivity index (χ4n) is 2.57. The van der Waals surface area contributed by atoms with Crippen LogP contribution in [0, 0.1) is 11.8 Å². The molecule has 0 aromatic carbocycles. The number of aryl methyl sites for hydroxylation is 2. The van der Waals surface area contributed by atoms with Crippen LogP contribution in [0.15, 0.2) is 12.5 Å². The number of hydrogen-bond acceptors (Lipinski definition) is 3. The van der Waals surface area contributed by atoms with Crippen molar-refractivity contribution in [3.05, 3.63) is 18.2 Å². The number of rotatable bonds is 5. The Balaban J connectivity index is 1.83. The Morgan fingerprint density at radius 3 is 2.89 bits per heavy atom. The molecule has 0 spiro atoms. The predicted octanol–water partition coefficient (Wildman–Crippen LogP) is 1.91. The lowest BCUT2D eigenvalue weighted by molar-refractivity contribution is 0.352. The average molecular weight is 270 g/mol. The summed E-state index contributed by atoms with van der Waals surface area (Å²) in [7, 11) is -2.74. The number of sulfone groups is 1. The summed E-state index contributed by atoms with van der Waals surface area (Å²) in [5, 5.41) is 0. The summed E-state index contributed by atoms with van der Waals surface area (Å²) in [6, 6.07) is 0. The topological polar surface area (TPSA) is 52.0 Å². The highest BCUT2D eigenvalue weighted by molar-refractivity contribution is 7.91. The van der Waals surface area contributed by atoms with Gasteiger partial charge < -0.3 is 4.57 Å². The van der Waals surface area contributed by atoms with E-state index in [1.54, 1.807) is 0 Å². The van der Waals surface area contributed by atoms with Gasteiger partial charge in [-0.1, -0.05) is 13.8 Å². The Bertz CT molecular complexity index is 493. The van der Waals surface area contributed by atoms with Crippen LogP contribution in [0.2, 0.25) is 0 Å². The number of aromatic nitrogens is 2. The molecule has 102 valence electrons. The van der Waals surface area contributed by atoms with Crippen LogP contribution in [0.3, 0.4) is 0 Å². The third-order valence-electron chi connectivity index (χ3n) is 3.96. The van der Waals surface area contributed by atoms with Crippen molar-refractivity contribution in [1.29, 1.82) is 0 Å². The molecule has 0 N–H and O–H groups in total. The highest BCUT2D eigenvalue weighted by atomic mass is 32.2. The molecule has 1 fully saturated rings. The molecule has 0 bridgehead atoms. The van der Waals surface area contributed by atoms with Gasteiger partial charge >= 0.3 is 0 Å². The first-order valence-electron chi connectivity index (χ1n) is 6.71. The van der Waals surface area contributed by atoms with E-state index in [9.17, 15) is 8.42 Å². The summed E-state index contributed by atoms with van der Waals surface area (Å²) in [4.78, 5) is 4.30. The first-order chi connectivity index (χ1) is 8.50. The second-order valence-corrected chi connectivity index (χ2v) is 7.61. The van der Waals surface area contributed by atoms with Crippen LogP contribution in [0.25, 0.3) is 0 Å². The zero-order valence-electron chi connectivity index (χ0n) is 11.2. The fraction of sp³-hybridized carbons (Fsp3) is 0.769. The molecule has 1 aliphatic heterocycles. The molecule has 5 heteroatoms. The molecule has 2 heterocycles. The maximum Gasteiger partial charge on any atom is 0.150 e. The van der Waals surface area contributed by atoms with Crippen molar-refractivity contribution in [2.75, 3.05) is 11.5 Å². The lowest BCUT2D eigenvalue weighted by Gasteiger charge is -2.17. The van der Waals surface area contributed by atoms with E-state index >= 15 is 0 Å². The molecule has 0 aliphatic carbocycles. The van der Waals surface area contributed by atoms with Crippen molar-refractivity contribution >= 4 is 9.84 Å². The van der Waals surface area contributed by atoms with E-state index in [4.69, 9.17) is 0 Å². The van der Waals surface area contributed by atoms with Gasteiger partial charge in [-0.05, 0) is 31.1 Å². The van der Waals surface area contributed by atoms with Gasteiger partial charge in [0.05, 0.1) is 23.5 Å². The van der Waals surface area contributed by atoms with Crippen LogP contribution in [0.5, 0.6) is 0 Å². The fourth-order valence-corrected chi connectivity index (χ4v) is 4.55. The van der Waals surface area contributed by atoms with Gasteiger partial charge in [0, 0.05) is 12.7 Å². The first-order valence-corrected chi connectivity index (χ1v) is 8.53. The summed E-state index contributed by atoms with van der Waals surface area (Å²) in [5.74, 6) is 1.59. The minimum atomic E-state index is -2.74. The van der Waals surface area contributed by atoms with Crippen LogP contribution >= 0.6 is 0 Å². The van der Waals surface area contributed by atoms with E-state index < -0.39 is 9.84 Å². The number of hydrogen-bond donors (Lipinski definition) is 0. The van der Waals surface area contributed by atoms with Crippen molar-refractivity contribution in [3.8, 4) is 0 Å². The molecule has 4 nitrogen and oxygen atoms in total. The van der Waals surface area contributed by atoms with E-state index in [1.165, 1.54) is 0 Å². The Morgan fingerprint density at radius 2 is 2.33 bits per heavy atom. The Hall–Kier alpha value is -0.840. The number of nitrogens with zero attached hydrogens (tertiary/aromatic N) is 2. The van der Waals surface area contributed by atoms with E-state index in [0.717, 1.165) is 31.5 Å². The van der Waals surface area contributed by atoms with Crippen molar-refractivity contribution in [1.82, 2.24) is 9.55 Å². The van der Waals surface area contributed by atoms with Gasteiger partial charge in [-0.15, -0.1) is 0 Å². The molecule has 0 amide bonds. The van der Waals surface area contributed by atoms with Gasteiger partial charge in [0.15, 0.2) is 9.84 Å². The van der Waals surface area contributed by atoms with Gasteiger partial charge in [0.2, 0.25) is 0 Å². The van der Waals surface area contributed by atoms with Crippen LogP contribution in [0.1, 0.15) is 32.4 Å². The Morgan fingerprint density at radius 1 is 1.56 bits per heavy atom. The second-order valence-electron chi connectivity index (χ2n) is 5.39. The molecule has 2 rings (SSSR count). The highest BCUT2D eigenvalue weighted by Gasteiger charge is 2.31. The van der Waals surface area contributed by atoms with Crippen LogP contribution in [0.4, 0.5) is 0 Å². The number of imidazole rings is 1. The standard InChI is InChI=1S/C13H22N2O2S/c1-3-13-8-15(10-14-13)6-4-11(2)12-5-7-18(16,17)9-12/h8,10-12H,3-7,9H2,1-2H3. The van der Waals surface area contributed by atoms with Crippen molar-refractivity contribution in [3.63, 3.8) is 0 Å². The molecule has 1 saturated heterocycles. The van der Waals surface area contributed by atoms with E-state index in [0.29, 0.717) is 23.3 Å². The Kier molecular flexibility index (Phi) is 4.10. The van der Waals surface area contributed by atoms with E-state index in [2.05, 4.69) is 29.6 Å². The molecular formula is C13H22N2O2S. The monoisotopic (exact) mass is 270 g/mol. The molecule has 18 heavy (non-hydrogen) atoms. The molecule has 1 aliphatic rings. The van der Waals surface area contributed by atoms with E-state index in [-0.39, 0.29) is 0 Å². The zero-order valence-corrected chi connectivity index (χ0v) is 12.0. The maximum atomic E-state index is 11.4. The van der Waals surface area contributed by atoms with Crippen LogP contribution in [-0.4, -0.2) is 29.5 Å². The van der Waals surface area contributed by atoms with Crippen LogP contribution in [-0.2, 0) is 22.8 Å². The average Bonchev–Trinajstić information content (AvgIpc) is 2.92. The quantitative estimate of drug-likeness (QED) is 0.821. The van der Waals surface area contributed by atoms with Gasteiger partial charge in [0.25, 0.3) is 0 Å². The van der Waals surface area contributed by atoms with Gasteiger partial charge in [-0.2, -0.15) is 0 Å². The van der Waals surface area contributed by atoms with Crippen molar-refractivity contribution in [2.45, 2.75) is 39.7 Å². The lowest BCUT2D eigenvalue weighted by atomic mass is 9.91. The molecule has 2 atom stereocenters. The maximum absolute atomic E-state index is 11.4. The largest absolute Gasteiger partial charge is 0.337 e. The molecule has 0 radical (unpaired) electrons. The smallest absolute Gasteiger partial charge is 0.150 e. The first kappa shape index (κ1) is 13.6. The molecule has 2 unspecified atom stereocenters. The zero-order chi connectivity index (χ0) is 13.2. The Labute approximate surface area is 109 Å². The van der Waals surface area contributed by atoms with Gasteiger partial charge in [-0.25, -0.2) is 13.4 Å². The summed E-state index contributed by atoms with van der Waals surface area (Å²) >= 11 is 0. The summed E-state index contributed by atoms with van der Waals surface area (Å²) in [5.41, 5.74) is 1.12. The third kappa shape index (κ3) is 3.34. The molecule has 0 saturated carbocycles. The third-order valence-corrected chi connectivity index (χ3v) is 5.76. The predicted molar refractivity (Wildman–Crippen MR) is 72.1 cm³/mol. The molecule has 1 aromatic rings. The van der Waals surface area contributed by atoms with Gasteiger partial charge in [-0.3, -0.25) is 0 Å². The second kappa shape index (κ2) is 5.43. The lowest BCUT2D eigenvalue weighted by Crippen LogP contribution is -2.15. The summed E-state index contributed by atoms with van der Waals surface area (Å²) in [6.45, 7) is 5.20. The van der Waals surface area contributed by atoms with Crippen molar-refractivity contribution < 1.29 is 8.42 Å². The SMILES string of the molecule is CCc1cn(CCC(C)C2CCS(=O)(=O)C2)cn1. The highest BCUT2D eigenvalue weighted by Crippen LogP contribution is 2.28. The minimum absolute atomic E-state index is 0.351. The molecule has 1 aromatic heterocycles. The van der Waals surface area contributed by atoms with E-state index in [1.807, 2.05) is 6.33 Å². The normalized spacial score (nSPS) is 24.2. The van der Waals surface area contributed by atoms with Gasteiger partial charge in [0.1, 0.15) is 0 Å². The molecular weight excluding hydrogens is 248 g/mol. The van der Waals surface area contributed by atoms with Crippen LogP contribution < -0.4 is 0 Å². The summed E-state index contributed by atoms with van der Waals surface area (Å²) < 4.78 is 25.0. The summed E-state index contributed by atoms with van der Waals surface area (Å²) in [6.07, 6.45) is 6.78.